The summed E-state index contributed by atoms with van der Waals surface area (Å²) in [7, 11) is 0. The molecule has 1 fully saturated rings. The summed E-state index contributed by atoms with van der Waals surface area (Å²) in [5, 5.41) is 4.15. The second-order valence-electron chi connectivity index (χ2n) is 5.87. The Morgan fingerprint density at radius 2 is 2.06 bits per heavy atom. The molecule has 0 radical (unpaired) electrons. The first kappa shape index (κ1) is 13.5. The van der Waals surface area contributed by atoms with Crippen LogP contribution in [0.4, 0.5) is 0 Å². The van der Waals surface area contributed by atoms with Gasteiger partial charge in [0, 0.05) is 18.4 Å². The van der Waals surface area contributed by atoms with E-state index < -0.39 is 0 Å². The van der Waals surface area contributed by atoms with Crippen LogP contribution in [0.3, 0.4) is 0 Å². The molecule has 0 aromatic carbocycles. The molecule has 1 aromatic heterocycles. The molecule has 1 saturated carbocycles. The summed E-state index contributed by atoms with van der Waals surface area (Å²) in [6, 6.07) is 0.257. The summed E-state index contributed by atoms with van der Waals surface area (Å²) in [5.74, 6) is 3.09. The lowest BCUT2D eigenvalue weighted by Crippen LogP contribution is -2.14. The molecule has 0 aliphatic heterocycles. The van der Waals surface area contributed by atoms with Gasteiger partial charge in [-0.2, -0.15) is 4.98 Å². The predicted molar refractivity (Wildman–Crippen MR) is 71.3 cm³/mol. The molecule has 0 spiro atoms. The minimum absolute atomic E-state index is 0.257. The van der Waals surface area contributed by atoms with Crippen LogP contribution >= 0.6 is 0 Å². The predicted octanol–water partition coefficient (Wildman–Crippen LogP) is 3.03. The van der Waals surface area contributed by atoms with Gasteiger partial charge in [0.15, 0.2) is 5.82 Å². The zero-order valence-corrected chi connectivity index (χ0v) is 11.6. The first-order chi connectivity index (χ1) is 8.65. The van der Waals surface area contributed by atoms with Gasteiger partial charge in [-0.25, -0.2) is 0 Å². The molecule has 1 aliphatic carbocycles. The lowest BCUT2D eigenvalue weighted by Gasteiger charge is -2.23. The number of hydrogen-bond acceptors (Lipinski definition) is 4. The minimum Gasteiger partial charge on any atom is -0.339 e. The highest BCUT2D eigenvalue weighted by Gasteiger charge is 2.23. The van der Waals surface area contributed by atoms with Gasteiger partial charge in [-0.3, -0.25) is 0 Å². The van der Waals surface area contributed by atoms with Gasteiger partial charge in [-0.1, -0.05) is 24.9 Å². The molecule has 102 valence electrons. The van der Waals surface area contributed by atoms with Gasteiger partial charge in [0.25, 0.3) is 0 Å². The van der Waals surface area contributed by atoms with Crippen molar-refractivity contribution in [2.75, 3.05) is 0 Å². The Labute approximate surface area is 109 Å². The molecule has 18 heavy (non-hydrogen) atoms. The van der Waals surface area contributed by atoms with Crippen molar-refractivity contribution in [3.05, 3.63) is 11.7 Å². The highest BCUT2D eigenvalue weighted by molar-refractivity contribution is 4.97. The molecular formula is C14H25N3O. The lowest BCUT2D eigenvalue weighted by molar-refractivity contribution is 0.323. The van der Waals surface area contributed by atoms with E-state index in [9.17, 15) is 0 Å². The van der Waals surface area contributed by atoms with Crippen LogP contribution in [0.25, 0.3) is 0 Å². The Bertz CT molecular complexity index is 354. The van der Waals surface area contributed by atoms with E-state index in [4.69, 9.17) is 10.3 Å². The van der Waals surface area contributed by atoms with Crippen molar-refractivity contribution >= 4 is 0 Å². The van der Waals surface area contributed by atoms with E-state index >= 15 is 0 Å². The second kappa shape index (κ2) is 6.32. The average molecular weight is 251 g/mol. The number of rotatable bonds is 5. The number of aryl methyl sites for hydroxylation is 1. The highest BCUT2D eigenvalue weighted by Crippen LogP contribution is 2.34. The molecule has 4 nitrogen and oxygen atoms in total. The topological polar surface area (TPSA) is 64.9 Å². The fourth-order valence-corrected chi connectivity index (χ4v) is 2.63. The number of aromatic nitrogens is 2. The summed E-state index contributed by atoms with van der Waals surface area (Å²) in [6.07, 6.45) is 7.90. The van der Waals surface area contributed by atoms with E-state index in [1.807, 2.05) is 6.92 Å². The van der Waals surface area contributed by atoms with Gasteiger partial charge in [-0.05, 0) is 38.5 Å². The highest BCUT2D eigenvalue weighted by atomic mass is 16.5. The summed E-state index contributed by atoms with van der Waals surface area (Å²) >= 11 is 0. The van der Waals surface area contributed by atoms with Crippen LogP contribution < -0.4 is 5.73 Å². The maximum Gasteiger partial charge on any atom is 0.226 e. The smallest absolute Gasteiger partial charge is 0.226 e. The number of nitrogens with zero attached hydrogens (tertiary/aromatic N) is 2. The molecule has 1 heterocycles. The van der Waals surface area contributed by atoms with Crippen molar-refractivity contribution in [1.82, 2.24) is 10.1 Å². The van der Waals surface area contributed by atoms with Crippen molar-refractivity contribution in [2.45, 2.75) is 70.8 Å². The molecule has 1 aromatic rings. The molecule has 4 heteroatoms. The van der Waals surface area contributed by atoms with Gasteiger partial charge in [-0.15, -0.1) is 0 Å². The first-order valence-electron chi connectivity index (χ1n) is 7.23. The fourth-order valence-electron chi connectivity index (χ4n) is 2.63. The molecule has 0 amide bonds. The molecule has 1 unspecified atom stereocenters. The van der Waals surface area contributed by atoms with E-state index in [1.54, 1.807) is 0 Å². The quantitative estimate of drug-likeness (QED) is 0.873. The van der Waals surface area contributed by atoms with Crippen molar-refractivity contribution in [3.63, 3.8) is 0 Å². The maximum atomic E-state index is 5.73. The van der Waals surface area contributed by atoms with Crippen LogP contribution in [0.15, 0.2) is 4.52 Å². The minimum atomic E-state index is 0.257. The van der Waals surface area contributed by atoms with Crippen molar-refractivity contribution < 1.29 is 4.52 Å². The third-order valence-corrected chi connectivity index (χ3v) is 3.91. The van der Waals surface area contributed by atoms with Crippen LogP contribution in [-0.4, -0.2) is 16.2 Å². The standard InChI is InChI=1S/C14H25N3O/c1-10-6-8-12(9-7-10)14-16-13(18-17-14)5-3-4-11(2)15/h10-12H,3-9,15H2,1-2H3. The van der Waals surface area contributed by atoms with Crippen molar-refractivity contribution in [3.8, 4) is 0 Å². The molecule has 0 saturated heterocycles. The van der Waals surface area contributed by atoms with E-state index in [0.717, 1.165) is 36.9 Å². The summed E-state index contributed by atoms with van der Waals surface area (Å²) in [6.45, 7) is 4.36. The zero-order chi connectivity index (χ0) is 13.0. The third kappa shape index (κ3) is 3.80. The summed E-state index contributed by atoms with van der Waals surface area (Å²) in [5.41, 5.74) is 5.73. The van der Waals surface area contributed by atoms with Gasteiger partial charge in [0.2, 0.25) is 5.89 Å². The molecular weight excluding hydrogens is 226 g/mol. The average Bonchev–Trinajstić information content (AvgIpc) is 2.78. The van der Waals surface area contributed by atoms with Crippen LogP contribution in [-0.2, 0) is 6.42 Å². The number of hydrogen-bond donors (Lipinski definition) is 1. The van der Waals surface area contributed by atoms with Crippen LogP contribution in [0.2, 0.25) is 0 Å². The molecule has 1 atom stereocenters. The van der Waals surface area contributed by atoms with Gasteiger partial charge < -0.3 is 10.3 Å². The molecule has 2 rings (SSSR count). The number of nitrogens with two attached hydrogens (primary N) is 1. The Kier molecular flexibility index (Phi) is 4.75. The van der Waals surface area contributed by atoms with E-state index in [-0.39, 0.29) is 6.04 Å². The Morgan fingerprint density at radius 3 is 2.72 bits per heavy atom. The third-order valence-electron chi connectivity index (χ3n) is 3.91. The van der Waals surface area contributed by atoms with Crippen LogP contribution in [0.1, 0.15) is 70.0 Å². The molecule has 2 N–H and O–H groups in total. The van der Waals surface area contributed by atoms with E-state index in [2.05, 4.69) is 17.1 Å². The Balaban J connectivity index is 1.82. The Morgan fingerprint density at radius 1 is 1.33 bits per heavy atom. The van der Waals surface area contributed by atoms with Gasteiger partial charge in [0.05, 0.1) is 0 Å². The Hall–Kier alpha value is -0.900. The fraction of sp³-hybridized carbons (Fsp3) is 0.857. The van der Waals surface area contributed by atoms with Crippen molar-refractivity contribution in [1.29, 1.82) is 0 Å². The molecule has 1 aliphatic rings. The van der Waals surface area contributed by atoms with E-state index in [1.165, 1.54) is 25.7 Å². The lowest BCUT2D eigenvalue weighted by atomic mass is 9.83. The molecule has 0 bridgehead atoms. The van der Waals surface area contributed by atoms with Crippen LogP contribution in [0.5, 0.6) is 0 Å². The van der Waals surface area contributed by atoms with Crippen molar-refractivity contribution in [2.24, 2.45) is 11.7 Å². The van der Waals surface area contributed by atoms with E-state index in [0.29, 0.717) is 5.92 Å². The second-order valence-corrected chi connectivity index (χ2v) is 5.87. The van der Waals surface area contributed by atoms with Crippen LogP contribution in [0, 0.1) is 5.92 Å². The summed E-state index contributed by atoms with van der Waals surface area (Å²) < 4.78 is 5.32. The largest absolute Gasteiger partial charge is 0.339 e. The summed E-state index contributed by atoms with van der Waals surface area (Å²) in [4.78, 5) is 4.54. The normalized spacial score (nSPS) is 26.2. The first-order valence-corrected chi connectivity index (χ1v) is 7.23. The van der Waals surface area contributed by atoms with Gasteiger partial charge in [0.1, 0.15) is 0 Å². The zero-order valence-electron chi connectivity index (χ0n) is 11.6. The maximum absolute atomic E-state index is 5.73. The SMILES string of the molecule is CC(N)CCCc1nc(C2CCC(C)CC2)no1. The monoisotopic (exact) mass is 251 g/mol. The van der Waals surface area contributed by atoms with Gasteiger partial charge >= 0.3 is 0 Å².